The molecule has 0 aromatic carbocycles. The molecule has 1 unspecified atom stereocenters. The predicted octanol–water partition coefficient (Wildman–Crippen LogP) is 1.86. The van der Waals surface area contributed by atoms with Crippen LogP contribution in [0.3, 0.4) is 0 Å². The molecule has 0 fully saturated rings. The second-order valence-electron chi connectivity index (χ2n) is 4.15. The van der Waals surface area contributed by atoms with Gasteiger partial charge in [0.15, 0.2) is 0 Å². The summed E-state index contributed by atoms with van der Waals surface area (Å²) in [6.45, 7) is 6.34. The van der Waals surface area contributed by atoms with Crippen LogP contribution in [0.15, 0.2) is 0 Å². The Morgan fingerprint density at radius 2 is 1.50 bits per heavy atom. The van der Waals surface area contributed by atoms with Gasteiger partial charge in [0.2, 0.25) is 0 Å². The zero-order valence-corrected chi connectivity index (χ0v) is 9.25. The number of nitrogens with one attached hydrogen (secondary N) is 1. The highest BCUT2D eigenvalue weighted by atomic mass is 32.2. The van der Waals surface area contributed by atoms with E-state index in [1.807, 2.05) is 0 Å². The summed E-state index contributed by atoms with van der Waals surface area (Å²) in [6, 6.07) is -0.783. The molecule has 3 nitrogen and oxygen atoms in total. The van der Waals surface area contributed by atoms with Gasteiger partial charge in [-0.3, -0.25) is 0 Å². The highest BCUT2D eigenvalue weighted by molar-refractivity contribution is 7.90. The molecule has 1 N–H and O–H groups in total. The number of hydrogen-bond acceptors (Lipinski definition) is 2. The van der Waals surface area contributed by atoms with Crippen molar-refractivity contribution >= 4 is 10.0 Å². The van der Waals surface area contributed by atoms with Crippen molar-refractivity contribution in [2.45, 2.75) is 39.2 Å². The molecule has 0 spiro atoms. The van der Waals surface area contributed by atoms with Crippen molar-refractivity contribution in [1.29, 1.82) is 0 Å². The van der Waals surface area contributed by atoms with Crippen molar-refractivity contribution in [3.63, 3.8) is 0 Å². The average Bonchev–Trinajstić information content (AvgIpc) is 1.80. The Hall–Kier alpha value is -0.300. The summed E-state index contributed by atoms with van der Waals surface area (Å²) < 4.78 is 58.7. The minimum absolute atomic E-state index is 0.557. The summed E-state index contributed by atoms with van der Waals surface area (Å²) in [4.78, 5) is 0. The maximum Gasteiger partial charge on any atom is 0.511 e. The lowest BCUT2D eigenvalue weighted by molar-refractivity contribution is -0.0453. The fourth-order valence-electron chi connectivity index (χ4n) is 0.476. The summed E-state index contributed by atoms with van der Waals surface area (Å²) >= 11 is 0. The van der Waals surface area contributed by atoms with Crippen LogP contribution in [0.2, 0.25) is 0 Å². The first kappa shape index (κ1) is 13.7. The largest absolute Gasteiger partial charge is 0.511 e. The molecule has 0 heterocycles. The van der Waals surface area contributed by atoms with E-state index in [1.54, 1.807) is 25.5 Å². The molecule has 86 valence electrons. The molecule has 0 amide bonds. The van der Waals surface area contributed by atoms with Crippen LogP contribution >= 0.6 is 0 Å². The van der Waals surface area contributed by atoms with Crippen molar-refractivity contribution in [2.24, 2.45) is 5.41 Å². The number of rotatable bonds is 2. The smallest absolute Gasteiger partial charge is 0.204 e. The molecular formula is C7H14F3NO2S. The summed E-state index contributed by atoms with van der Waals surface area (Å²) in [6.07, 6.45) is 0. The zero-order valence-electron chi connectivity index (χ0n) is 8.44. The van der Waals surface area contributed by atoms with E-state index in [4.69, 9.17) is 0 Å². The third-order valence-electron chi connectivity index (χ3n) is 1.94. The van der Waals surface area contributed by atoms with Gasteiger partial charge in [-0.15, -0.1) is 0 Å². The third-order valence-corrected chi connectivity index (χ3v) is 3.21. The van der Waals surface area contributed by atoms with E-state index in [9.17, 15) is 21.6 Å². The van der Waals surface area contributed by atoms with E-state index in [0.29, 0.717) is 0 Å². The second-order valence-corrected chi connectivity index (χ2v) is 5.86. The van der Waals surface area contributed by atoms with Crippen LogP contribution in [-0.4, -0.2) is 20.0 Å². The quantitative estimate of drug-likeness (QED) is 0.791. The van der Waals surface area contributed by atoms with Gasteiger partial charge in [0.05, 0.1) is 0 Å². The summed E-state index contributed by atoms with van der Waals surface area (Å²) in [5.74, 6) is 0. The molecule has 0 bridgehead atoms. The lowest BCUT2D eigenvalue weighted by atomic mass is 9.89. The first-order valence-corrected chi connectivity index (χ1v) is 5.45. The molecule has 0 aromatic heterocycles. The van der Waals surface area contributed by atoms with Crippen molar-refractivity contribution < 1.29 is 21.6 Å². The van der Waals surface area contributed by atoms with Crippen molar-refractivity contribution in [1.82, 2.24) is 4.72 Å². The van der Waals surface area contributed by atoms with Crippen LogP contribution in [-0.2, 0) is 10.0 Å². The highest BCUT2D eigenvalue weighted by Crippen LogP contribution is 2.25. The lowest BCUT2D eigenvalue weighted by Crippen LogP contribution is -2.46. The molecule has 0 radical (unpaired) electrons. The predicted molar refractivity (Wildman–Crippen MR) is 47.0 cm³/mol. The Bertz CT molecular complexity index is 289. The third kappa shape index (κ3) is 3.45. The van der Waals surface area contributed by atoms with E-state index < -0.39 is 27.0 Å². The second kappa shape index (κ2) is 3.69. The molecule has 14 heavy (non-hydrogen) atoms. The Morgan fingerprint density at radius 1 is 1.14 bits per heavy atom. The number of alkyl halides is 3. The van der Waals surface area contributed by atoms with Gasteiger partial charge >= 0.3 is 15.5 Å². The minimum atomic E-state index is -5.24. The van der Waals surface area contributed by atoms with Gasteiger partial charge < -0.3 is 0 Å². The first-order chi connectivity index (χ1) is 5.88. The summed E-state index contributed by atoms with van der Waals surface area (Å²) in [5, 5.41) is 0. The average molecular weight is 233 g/mol. The molecule has 0 aromatic rings. The monoisotopic (exact) mass is 233 g/mol. The molecule has 1 atom stereocenters. The number of sulfonamides is 1. The van der Waals surface area contributed by atoms with Gasteiger partial charge in [-0.1, -0.05) is 20.8 Å². The maximum absolute atomic E-state index is 11.9. The molecule has 0 rings (SSSR count). The van der Waals surface area contributed by atoms with Crippen LogP contribution in [0, 0.1) is 5.41 Å². The van der Waals surface area contributed by atoms with Crippen molar-refractivity contribution in [3.05, 3.63) is 0 Å². The van der Waals surface area contributed by atoms with Crippen LogP contribution in [0.1, 0.15) is 27.7 Å². The number of halogens is 3. The molecule has 0 aliphatic heterocycles. The van der Waals surface area contributed by atoms with Gasteiger partial charge in [0, 0.05) is 6.04 Å². The molecule has 0 saturated carbocycles. The SMILES string of the molecule is CC(NS(=O)(=O)C(F)(F)F)C(C)(C)C. The summed E-state index contributed by atoms with van der Waals surface area (Å²) in [7, 11) is -5.23. The van der Waals surface area contributed by atoms with Gasteiger partial charge in [-0.25, -0.2) is 13.1 Å². The Kier molecular flexibility index (Phi) is 3.61. The Labute approximate surface area is 81.7 Å². The highest BCUT2D eigenvalue weighted by Gasteiger charge is 2.47. The van der Waals surface area contributed by atoms with Crippen LogP contribution in [0.5, 0.6) is 0 Å². The molecule has 7 heteroatoms. The minimum Gasteiger partial charge on any atom is -0.204 e. The number of hydrogen-bond donors (Lipinski definition) is 1. The van der Waals surface area contributed by atoms with E-state index in [2.05, 4.69) is 0 Å². The van der Waals surface area contributed by atoms with E-state index in [1.165, 1.54) is 6.92 Å². The molecule has 0 saturated heterocycles. The van der Waals surface area contributed by atoms with E-state index in [-0.39, 0.29) is 0 Å². The van der Waals surface area contributed by atoms with E-state index >= 15 is 0 Å². The van der Waals surface area contributed by atoms with Crippen molar-refractivity contribution in [3.8, 4) is 0 Å². The topological polar surface area (TPSA) is 46.2 Å². The zero-order chi connectivity index (χ0) is 11.8. The fourth-order valence-corrected chi connectivity index (χ4v) is 1.43. The first-order valence-electron chi connectivity index (χ1n) is 3.96. The van der Waals surface area contributed by atoms with Crippen LogP contribution < -0.4 is 4.72 Å². The Morgan fingerprint density at radius 3 is 1.71 bits per heavy atom. The maximum atomic E-state index is 11.9. The van der Waals surface area contributed by atoms with Crippen LogP contribution in [0.4, 0.5) is 13.2 Å². The van der Waals surface area contributed by atoms with Crippen molar-refractivity contribution in [2.75, 3.05) is 0 Å². The van der Waals surface area contributed by atoms with Gasteiger partial charge in [-0.2, -0.15) is 13.2 Å². The van der Waals surface area contributed by atoms with Crippen LogP contribution in [0.25, 0.3) is 0 Å². The molecule has 0 aliphatic carbocycles. The lowest BCUT2D eigenvalue weighted by Gasteiger charge is -2.28. The van der Waals surface area contributed by atoms with Gasteiger partial charge in [0.1, 0.15) is 0 Å². The van der Waals surface area contributed by atoms with Gasteiger partial charge in [-0.05, 0) is 12.3 Å². The fraction of sp³-hybridized carbons (Fsp3) is 1.00. The van der Waals surface area contributed by atoms with Gasteiger partial charge in [0.25, 0.3) is 0 Å². The molecule has 0 aliphatic rings. The molecular weight excluding hydrogens is 219 g/mol. The normalized spacial score (nSPS) is 16.8. The van der Waals surface area contributed by atoms with E-state index in [0.717, 1.165) is 0 Å². The summed E-state index contributed by atoms with van der Waals surface area (Å²) in [5.41, 5.74) is -5.80. The standard InChI is InChI=1S/C7H14F3NO2S/c1-5(6(2,3)4)11-14(12,13)7(8,9)10/h5,11H,1-4H3. The Balaban J connectivity index is 4.72.